The van der Waals surface area contributed by atoms with Crippen LogP contribution < -0.4 is 4.74 Å². The van der Waals surface area contributed by atoms with Crippen LogP contribution in [0.3, 0.4) is 0 Å². The van der Waals surface area contributed by atoms with Gasteiger partial charge in [0.25, 0.3) is 0 Å². The number of hydrogen-bond acceptors (Lipinski definition) is 2. The Morgan fingerprint density at radius 2 is 2.00 bits per heavy atom. The molecule has 2 aromatic rings. The highest BCUT2D eigenvalue weighted by Gasteiger charge is 2.00. The first-order valence-corrected chi connectivity index (χ1v) is 5.90. The van der Waals surface area contributed by atoms with Gasteiger partial charge in [0, 0.05) is 11.2 Å². The van der Waals surface area contributed by atoms with E-state index in [4.69, 9.17) is 27.9 Å². The summed E-state index contributed by atoms with van der Waals surface area (Å²) in [7, 11) is 0. The van der Waals surface area contributed by atoms with Crippen LogP contribution in [0.25, 0.3) is 0 Å². The molecule has 4 heteroatoms. The molecule has 0 aliphatic heterocycles. The molecule has 1 aromatic carbocycles. The molecule has 0 aliphatic rings. The predicted octanol–water partition coefficient (Wildman–Crippen LogP) is 4.28. The van der Waals surface area contributed by atoms with Crippen LogP contribution in [0.5, 0.6) is 5.75 Å². The van der Waals surface area contributed by atoms with Gasteiger partial charge >= 0.3 is 0 Å². The normalized spacial score (nSPS) is 10.3. The highest BCUT2D eigenvalue weighted by molar-refractivity contribution is 6.31. The van der Waals surface area contributed by atoms with Gasteiger partial charge in [0.2, 0.25) is 0 Å². The van der Waals surface area contributed by atoms with Gasteiger partial charge in [0.05, 0.1) is 0 Å². The van der Waals surface area contributed by atoms with Crippen molar-refractivity contribution < 1.29 is 4.74 Å². The molecule has 1 aromatic heterocycles. The van der Waals surface area contributed by atoms with Crippen LogP contribution in [0.4, 0.5) is 0 Å². The van der Waals surface area contributed by atoms with Crippen molar-refractivity contribution in [3.05, 3.63) is 57.8 Å². The average Bonchev–Trinajstić information content (AvgIpc) is 2.31. The van der Waals surface area contributed by atoms with E-state index in [0.29, 0.717) is 11.8 Å². The summed E-state index contributed by atoms with van der Waals surface area (Å²) in [6.07, 6.45) is 1.66. The number of ether oxygens (including phenoxy) is 1. The second-order valence-corrected chi connectivity index (χ2v) is 4.48. The van der Waals surface area contributed by atoms with E-state index in [9.17, 15) is 0 Å². The van der Waals surface area contributed by atoms with Gasteiger partial charge in [0.1, 0.15) is 17.5 Å². The summed E-state index contributed by atoms with van der Waals surface area (Å²) in [5.41, 5.74) is 1.98. The summed E-state index contributed by atoms with van der Waals surface area (Å²) in [5.74, 6) is 0.792. The molecule has 0 fully saturated rings. The van der Waals surface area contributed by atoms with Crippen molar-refractivity contribution in [2.24, 2.45) is 0 Å². The van der Waals surface area contributed by atoms with E-state index in [2.05, 4.69) is 4.98 Å². The summed E-state index contributed by atoms with van der Waals surface area (Å²) in [4.78, 5) is 3.91. The monoisotopic (exact) mass is 267 g/mol. The molecule has 0 saturated carbocycles. The van der Waals surface area contributed by atoms with Gasteiger partial charge in [-0.05, 0) is 48.4 Å². The third kappa shape index (κ3) is 3.35. The van der Waals surface area contributed by atoms with E-state index in [-0.39, 0.29) is 0 Å². The number of hydrogen-bond donors (Lipinski definition) is 0. The van der Waals surface area contributed by atoms with Crippen molar-refractivity contribution in [3.8, 4) is 5.75 Å². The first-order chi connectivity index (χ1) is 8.15. The summed E-state index contributed by atoms with van der Waals surface area (Å²) in [5, 5.41) is 1.21. The number of halogens is 2. The van der Waals surface area contributed by atoms with Gasteiger partial charge in [0.15, 0.2) is 0 Å². The topological polar surface area (TPSA) is 22.1 Å². The minimum Gasteiger partial charge on any atom is -0.489 e. The average molecular weight is 268 g/mol. The number of aromatic nitrogens is 1. The molecule has 0 amide bonds. The molecule has 0 radical (unpaired) electrons. The molecule has 0 unspecified atom stereocenters. The molecule has 0 spiro atoms. The van der Waals surface area contributed by atoms with Gasteiger partial charge in [-0.3, -0.25) is 0 Å². The van der Waals surface area contributed by atoms with Crippen molar-refractivity contribution in [1.29, 1.82) is 0 Å². The summed E-state index contributed by atoms with van der Waals surface area (Å²) in [6.45, 7) is 2.40. The second-order valence-electron chi connectivity index (χ2n) is 3.69. The van der Waals surface area contributed by atoms with Gasteiger partial charge in [-0.2, -0.15) is 0 Å². The van der Waals surface area contributed by atoms with Crippen LogP contribution in [0.15, 0.2) is 36.5 Å². The van der Waals surface area contributed by atoms with Gasteiger partial charge in [-0.25, -0.2) is 4.98 Å². The fourth-order valence-corrected chi connectivity index (χ4v) is 1.72. The van der Waals surface area contributed by atoms with E-state index in [1.807, 2.05) is 31.2 Å². The van der Waals surface area contributed by atoms with Crippen molar-refractivity contribution in [1.82, 2.24) is 4.98 Å². The zero-order valence-corrected chi connectivity index (χ0v) is 10.8. The number of pyridine rings is 1. The number of rotatable bonds is 3. The van der Waals surface area contributed by atoms with Crippen LogP contribution in [0.2, 0.25) is 10.2 Å². The lowest BCUT2D eigenvalue weighted by molar-refractivity contribution is 0.306. The molecular weight excluding hydrogens is 257 g/mol. The molecular formula is C13H11Cl2NO. The maximum atomic E-state index is 5.94. The molecule has 2 nitrogen and oxygen atoms in total. The SMILES string of the molecule is Cc1cc(OCc2ccnc(Cl)c2)ccc1Cl. The Balaban J connectivity index is 2.05. The zero-order chi connectivity index (χ0) is 12.3. The zero-order valence-electron chi connectivity index (χ0n) is 9.28. The Morgan fingerprint density at radius 1 is 1.18 bits per heavy atom. The molecule has 1 heterocycles. The maximum absolute atomic E-state index is 5.94. The highest BCUT2D eigenvalue weighted by atomic mass is 35.5. The number of aryl methyl sites for hydroxylation is 1. The molecule has 17 heavy (non-hydrogen) atoms. The minimum atomic E-state index is 0.462. The maximum Gasteiger partial charge on any atom is 0.129 e. The van der Waals surface area contributed by atoms with Gasteiger partial charge in [-0.1, -0.05) is 23.2 Å². The van der Waals surface area contributed by atoms with Gasteiger partial charge in [-0.15, -0.1) is 0 Å². The minimum absolute atomic E-state index is 0.462. The quantitative estimate of drug-likeness (QED) is 0.775. The fraction of sp³-hybridized carbons (Fsp3) is 0.154. The first kappa shape index (κ1) is 12.2. The van der Waals surface area contributed by atoms with Crippen molar-refractivity contribution in [2.75, 3.05) is 0 Å². The standard InChI is InChI=1S/C13H11Cl2NO/c1-9-6-11(2-3-12(9)14)17-8-10-4-5-16-13(15)7-10/h2-7H,8H2,1H3. The molecule has 0 bridgehead atoms. The first-order valence-electron chi connectivity index (χ1n) is 5.14. The molecule has 0 N–H and O–H groups in total. The van der Waals surface area contributed by atoms with E-state index < -0.39 is 0 Å². The lowest BCUT2D eigenvalue weighted by Crippen LogP contribution is -1.96. The molecule has 88 valence electrons. The summed E-state index contributed by atoms with van der Waals surface area (Å²) >= 11 is 11.7. The lowest BCUT2D eigenvalue weighted by Gasteiger charge is -2.07. The third-order valence-corrected chi connectivity index (χ3v) is 2.96. The molecule has 0 aliphatic carbocycles. The Hall–Kier alpha value is -1.25. The summed E-state index contributed by atoms with van der Waals surface area (Å²) in [6, 6.07) is 9.23. The van der Waals surface area contributed by atoms with E-state index >= 15 is 0 Å². The molecule has 0 saturated heterocycles. The smallest absolute Gasteiger partial charge is 0.129 e. The van der Waals surface area contributed by atoms with Crippen LogP contribution in [-0.4, -0.2) is 4.98 Å². The number of nitrogens with zero attached hydrogens (tertiary/aromatic N) is 1. The van der Waals surface area contributed by atoms with Crippen LogP contribution in [0, 0.1) is 6.92 Å². The van der Waals surface area contributed by atoms with E-state index in [1.54, 1.807) is 12.3 Å². The molecule has 2 rings (SSSR count). The summed E-state index contributed by atoms with van der Waals surface area (Å²) < 4.78 is 5.64. The van der Waals surface area contributed by atoms with E-state index in [0.717, 1.165) is 21.9 Å². The Morgan fingerprint density at radius 3 is 2.71 bits per heavy atom. The highest BCUT2D eigenvalue weighted by Crippen LogP contribution is 2.22. The lowest BCUT2D eigenvalue weighted by atomic mass is 10.2. The van der Waals surface area contributed by atoms with Crippen LogP contribution >= 0.6 is 23.2 Å². The fourth-order valence-electron chi connectivity index (χ4n) is 1.41. The van der Waals surface area contributed by atoms with Gasteiger partial charge < -0.3 is 4.74 Å². The largest absolute Gasteiger partial charge is 0.489 e. The van der Waals surface area contributed by atoms with Crippen LogP contribution in [0.1, 0.15) is 11.1 Å². The Kier molecular flexibility index (Phi) is 3.87. The number of benzene rings is 1. The van der Waals surface area contributed by atoms with Crippen LogP contribution in [-0.2, 0) is 6.61 Å². The van der Waals surface area contributed by atoms with Crippen molar-refractivity contribution in [3.63, 3.8) is 0 Å². The Bertz CT molecular complexity index is 529. The van der Waals surface area contributed by atoms with Crippen molar-refractivity contribution >= 4 is 23.2 Å². The second kappa shape index (κ2) is 5.39. The molecule has 0 atom stereocenters. The van der Waals surface area contributed by atoms with E-state index in [1.165, 1.54) is 0 Å². The predicted molar refractivity (Wildman–Crippen MR) is 69.8 cm³/mol. The van der Waals surface area contributed by atoms with Crippen molar-refractivity contribution in [2.45, 2.75) is 13.5 Å². The Labute approximate surface area is 110 Å². The third-order valence-electron chi connectivity index (χ3n) is 2.33.